The average molecular weight is 499 g/mol. The summed E-state index contributed by atoms with van der Waals surface area (Å²) in [5.74, 6) is 1.29. The number of nitrogens with zero attached hydrogens (tertiary/aromatic N) is 6. The predicted octanol–water partition coefficient (Wildman–Crippen LogP) is 4.45. The number of anilines is 1. The van der Waals surface area contributed by atoms with Gasteiger partial charge >= 0.3 is 6.01 Å². The van der Waals surface area contributed by atoms with Crippen molar-refractivity contribution in [2.45, 2.75) is 50.9 Å². The topological polar surface area (TPSA) is 68.0 Å². The van der Waals surface area contributed by atoms with E-state index in [-0.39, 0.29) is 6.10 Å². The molecule has 2 fully saturated rings. The van der Waals surface area contributed by atoms with E-state index in [2.05, 4.69) is 44.9 Å². The Morgan fingerprint density at radius 3 is 2.89 bits per heavy atom. The van der Waals surface area contributed by atoms with E-state index >= 15 is 0 Å². The molecule has 0 bridgehead atoms. The molecular formula is C29H34N6O2. The van der Waals surface area contributed by atoms with Crippen LogP contribution in [0.1, 0.15) is 48.6 Å². The summed E-state index contributed by atoms with van der Waals surface area (Å²) in [4.78, 5) is 22.7. The third-order valence-electron chi connectivity index (χ3n) is 8.15. The second-order valence-electron chi connectivity index (χ2n) is 10.6. The van der Waals surface area contributed by atoms with Crippen molar-refractivity contribution in [1.82, 2.24) is 19.9 Å². The molecule has 3 aliphatic heterocycles. The molecule has 2 aromatic heterocycles. The molecule has 8 heteroatoms. The highest BCUT2D eigenvalue weighted by molar-refractivity contribution is 5.85. The number of hydrogen-bond acceptors (Lipinski definition) is 7. The Bertz CT molecular complexity index is 1300. The summed E-state index contributed by atoms with van der Waals surface area (Å²) in [7, 11) is 2.16. The molecule has 3 aliphatic rings. The number of likely N-dealkylation sites (tertiary alicyclic amines) is 1. The fraction of sp³-hybridized carbons (Fsp3) is 0.517. The van der Waals surface area contributed by atoms with Crippen molar-refractivity contribution in [1.29, 1.82) is 0 Å². The summed E-state index contributed by atoms with van der Waals surface area (Å²) < 4.78 is 12.7. The maximum atomic E-state index is 7.34. The Kier molecular flexibility index (Phi) is 6.90. The third kappa shape index (κ3) is 4.98. The predicted molar refractivity (Wildman–Crippen MR) is 143 cm³/mol. The monoisotopic (exact) mass is 498 g/mol. The smallest absolute Gasteiger partial charge is 0.318 e. The van der Waals surface area contributed by atoms with Gasteiger partial charge in [-0.2, -0.15) is 9.97 Å². The third-order valence-corrected chi connectivity index (χ3v) is 8.15. The first kappa shape index (κ1) is 24.1. The molecule has 8 nitrogen and oxygen atoms in total. The van der Waals surface area contributed by atoms with Crippen molar-refractivity contribution in [2.75, 3.05) is 44.7 Å². The van der Waals surface area contributed by atoms with E-state index in [1.807, 2.05) is 18.5 Å². The molecule has 5 heterocycles. The van der Waals surface area contributed by atoms with Crippen molar-refractivity contribution < 1.29 is 9.47 Å². The largest absolute Gasteiger partial charge is 0.462 e. The van der Waals surface area contributed by atoms with E-state index in [9.17, 15) is 0 Å². The fourth-order valence-electron chi connectivity index (χ4n) is 6.05. The Morgan fingerprint density at radius 2 is 2.03 bits per heavy atom. The summed E-state index contributed by atoms with van der Waals surface area (Å²) in [6, 6.07) is 9.18. The maximum Gasteiger partial charge on any atom is 0.318 e. The van der Waals surface area contributed by atoms with Crippen molar-refractivity contribution in [3.05, 3.63) is 64.9 Å². The normalized spacial score (nSPS) is 24.1. The van der Waals surface area contributed by atoms with Gasteiger partial charge in [0, 0.05) is 60.4 Å². The molecule has 0 unspecified atom stereocenters. The molecule has 0 radical (unpaired) electrons. The zero-order chi connectivity index (χ0) is 25.2. The SMILES string of the molecule is [C-]#[N+]C[C@@H]1CCCN(c2nc(OC[C@@H]3CCCN3C)nc3c2CO[C@H](c2cncc4ccccc24)C3)C1. The standard InChI is InChI=1S/C29H34N6O2/c1-30-14-20-7-5-12-35(17-20)28-25-19-36-27(24-16-31-15-21-8-3-4-10-23(21)24)13-26(25)32-29(33-28)37-18-22-9-6-11-34(22)2/h3-4,8,10,15-16,20,22,27H,5-7,9,11-14,17-19H2,2H3/t20-,22-,27-/m0/s1. The van der Waals surface area contributed by atoms with Gasteiger partial charge in [0.15, 0.2) is 0 Å². The summed E-state index contributed by atoms with van der Waals surface area (Å²) in [5, 5.41) is 2.28. The maximum absolute atomic E-state index is 7.34. The summed E-state index contributed by atoms with van der Waals surface area (Å²) in [5.41, 5.74) is 3.14. The molecule has 37 heavy (non-hydrogen) atoms. The second-order valence-corrected chi connectivity index (χ2v) is 10.6. The van der Waals surface area contributed by atoms with Crippen LogP contribution in [0.2, 0.25) is 0 Å². The fourth-order valence-corrected chi connectivity index (χ4v) is 6.05. The van der Waals surface area contributed by atoms with Crippen molar-refractivity contribution in [3.8, 4) is 6.01 Å². The van der Waals surface area contributed by atoms with Crippen LogP contribution in [-0.4, -0.2) is 65.7 Å². The molecule has 0 N–H and O–H groups in total. The summed E-state index contributed by atoms with van der Waals surface area (Å²) >= 11 is 0. The number of likely N-dealkylation sites (N-methyl/N-ethyl adjacent to an activating group) is 1. The van der Waals surface area contributed by atoms with E-state index in [0.717, 1.165) is 66.9 Å². The number of hydrogen-bond donors (Lipinski definition) is 0. The minimum atomic E-state index is -0.126. The van der Waals surface area contributed by atoms with Gasteiger partial charge in [0.1, 0.15) is 12.4 Å². The van der Waals surface area contributed by atoms with Gasteiger partial charge in [0.05, 0.1) is 18.4 Å². The van der Waals surface area contributed by atoms with Crippen LogP contribution in [0.3, 0.4) is 0 Å². The molecule has 3 atom stereocenters. The Hall–Kier alpha value is -3.28. The number of aromatic nitrogens is 3. The van der Waals surface area contributed by atoms with Gasteiger partial charge in [-0.05, 0) is 44.7 Å². The molecular weight excluding hydrogens is 464 g/mol. The van der Waals surface area contributed by atoms with Crippen molar-refractivity contribution in [3.63, 3.8) is 0 Å². The first-order chi connectivity index (χ1) is 18.2. The van der Waals surface area contributed by atoms with Gasteiger partial charge in [-0.3, -0.25) is 4.98 Å². The van der Waals surface area contributed by atoms with Crippen LogP contribution in [0.15, 0.2) is 36.7 Å². The van der Waals surface area contributed by atoms with Crippen LogP contribution in [0.25, 0.3) is 15.6 Å². The Morgan fingerprint density at radius 1 is 1.14 bits per heavy atom. The molecule has 0 amide bonds. The number of ether oxygens (including phenoxy) is 2. The lowest BCUT2D eigenvalue weighted by Crippen LogP contribution is -2.38. The van der Waals surface area contributed by atoms with Gasteiger partial charge in [0.25, 0.3) is 0 Å². The molecule has 0 saturated carbocycles. The summed E-state index contributed by atoms with van der Waals surface area (Å²) in [6.07, 6.45) is 8.85. The minimum Gasteiger partial charge on any atom is -0.462 e. The Labute approximate surface area is 218 Å². The highest BCUT2D eigenvalue weighted by Gasteiger charge is 2.32. The van der Waals surface area contributed by atoms with Crippen LogP contribution in [0.5, 0.6) is 6.01 Å². The lowest BCUT2D eigenvalue weighted by molar-refractivity contribution is 0.0263. The molecule has 192 valence electrons. The van der Waals surface area contributed by atoms with Gasteiger partial charge in [-0.1, -0.05) is 24.3 Å². The molecule has 0 aliphatic carbocycles. The molecule has 0 spiro atoms. The van der Waals surface area contributed by atoms with E-state index in [0.29, 0.717) is 44.1 Å². The van der Waals surface area contributed by atoms with Gasteiger partial charge in [-0.25, -0.2) is 6.57 Å². The van der Waals surface area contributed by atoms with Crippen LogP contribution in [-0.2, 0) is 17.8 Å². The number of piperidine rings is 1. The lowest BCUT2D eigenvalue weighted by atomic mass is 9.95. The molecule has 1 aromatic carbocycles. The molecule has 2 saturated heterocycles. The van der Waals surface area contributed by atoms with E-state index in [1.165, 1.54) is 11.8 Å². The average Bonchev–Trinajstić information content (AvgIpc) is 3.35. The van der Waals surface area contributed by atoms with Crippen molar-refractivity contribution in [2.24, 2.45) is 5.92 Å². The second kappa shape index (κ2) is 10.6. The molecule has 3 aromatic rings. The Balaban J connectivity index is 1.32. The first-order valence-corrected chi connectivity index (χ1v) is 13.4. The first-order valence-electron chi connectivity index (χ1n) is 13.4. The van der Waals surface area contributed by atoms with Gasteiger partial charge < -0.3 is 24.1 Å². The summed E-state index contributed by atoms with van der Waals surface area (Å²) in [6.45, 7) is 11.8. The number of benzene rings is 1. The highest BCUT2D eigenvalue weighted by atomic mass is 16.5. The van der Waals surface area contributed by atoms with E-state index in [4.69, 9.17) is 26.0 Å². The highest BCUT2D eigenvalue weighted by Crippen LogP contribution is 2.38. The van der Waals surface area contributed by atoms with Crippen molar-refractivity contribution >= 4 is 16.6 Å². The van der Waals surface area contributed by atoms with E-state index < -0.39 is 0 Å². The number of rotatable bonds is 6. The lowest BCUT2D eigenvalue weighted by Gasteiger charge is -2.35. The number of pyridine rings is 1. The number of fused-ring (bicyclic) bond motifs is 2. The quantitative estimate of drug-likeness (QED) is 0.465. The van der Waals surface area contributed by atoms with Gasteiger partial charge in [0.2, 0.25) is 6.54 Å². The minimum absolute atomic E-state index is 0.126. The van der Waals surface area contributed by atoms with E-state index in [1.54, 1.807) is 0 Å². The zero-order valence-electron chi connectivity index (χ0n) is 21.5. The molecule has 6 rings (SSSR count). The van der Waals surface area contributed by atoms with Crippen LogP contribution < -0.4 is 9.64 Å². The zero-order valence-corrected chi connectivity index (χ0v) is 21.5. The van der Waals surface area contributed by atoms with Gasteiger partial charge in [-0.15, -0.1) is 0 Å². The van der Waals surface area contributed by atoms with Crippen LogP contribution >= 0.6 is 0 Å². The van der Waals surface area contributed by atoms with Crippen LogP contribution in [0, 0.1) is 12.5 Å². The van der Waals surface area contributed by atoms with Crippen LogP contribution in [0.4, 0.5) is 5.82 Å².